The summed E-state index contributed by atoms with van der Waals surface area (Å²) in [7, 11) is 0. The third-order valence-corrected chi connectivity index (χ3v) is 6.81. The lowest BCUT2D eigenvalue weighted by Crippen LogP contribution is -2.39. The predicted molar refractivity (Wildman–Crippen MR) is 144 cm³/mol. The number of hydrogen-bond donors (Lipinski definition) is 0. The number of para-hydroxylation sites is 3. The van der Waals surface area contributed by atoms with E-state index in [2.05, 4.69) is 18.2 Å². The molecule has 0 spiro atoms. The Hall–Kier alpha value is -3.93. The Labute approximate surface area is 212 Å². The van der Waals surface area contributed by atoms with Crippen LogP contribution in [0, 0.1) is 13.8 Å². The number of carbonyl (C=O) groups excluding carboxylic acids is 2. The predicted octanol–water partition coefficient (Wildman–Crippen LogP) is 5.62. The maximum atomic E-state index is 13.7. The van der Waals surface area contributed by atoms with E-state index in [-0.39, 0.29) is 30.3 Å². The standard InChI is InChI=1S/C30H32N4O2/c1-20(2)34(24-10-6-5-7-11-24)29(36)19-33-27-13-9-8-12-26(27)31-30(33)23-17-28(35)32(18-23)25-15-21(3)14-22(4)16-25/h5-16,20,23H,17-19H2,1-4H3/t23-/m1/s1. The van der Waals surface area contributed by atoms with Crippen LogP contribution in [0.2, 0.25) is 0 Å². The summed E-state index contributed by atoms with van der Waals surface area (Å²) >= 11 is 0. The first-order valence-electron chi connectivity index (χ1n) is 12.5. The zero-order chi connectivity index (χ0) is 25.4. The van der Waals surface area contributed by atoms with Gasteiger partial charge in [0.25, 0.3) is 0 Å². The summed E-state index contributed by atoms with van der Waals surface area (Å²) in [6.45, 7) is 8.85. The zero-order valence-electron chi connectivity index (χ0n) is 21.3. The highest BCUT2D eigenvalue weighted by Gasteiger charge is 2.35. The van der Waals surface area contributed by atoms with E-state index in [1.165, 1.54) is 0 Å². The first-order valence-corrected chi connectivity index (χ1v) is 12.5. The van der Waals surface area contributed by atoms with Crippen LogP contribution >= 0.6 is 0 Å². The Morgan fingerprint density at radius 3 is 2.36 bits per heavy atom. The van der Waals surface area contributed by atoms with Gasteiger partial charge in [-0.05, 0) is 75.2 Å². The third-order valence-electron chi connectivity index (χ3n) is 6.81. The van der Waals surface area contributed by atoms with Gasteiger partial charge in [0.2, 0.25) is 11.8 Å². The smallest absolute Gasteiger partial charge is 0.247 e. The van der Waals surface area contributed by atoms with Crippen molar-refractivity contribution < 1.29 is 9.59 Å². The molecule has 1 atom stereocenters. The van der Waals surface area contributed by atoms with E-state index in [1.807, 2.05) is 96.7 Å². The van der Waals surface area contributed by atoms with Crippen molar-refractivity contribution >= 4 is 34.2 Å². The molecule has 1 saturated heterocycles. The van der Waals surface area contributed by atoms with Gasteiger partial charge >= 0.3 is 0 Å². The molecule has 184 valence electrons. The highest BCUT2D eigenvalue weighted by molar-refractivity contribution is 5.97. The van der Waals surface area contributed by atoms with Crippen LogP contribution in [0.3, 0.4) is 0 Å². The molecule has 4 aromatic rings. The molecule has 0 radical (unpaired) electrons. The van der Waals surface area contributed by atoms with Crippen LogP contribution in [0.25, 0.3) is 11.0 Å². The second-order valence-corrected chi connectivity index (χ2v) is 9.99. The summed E-state index contributed by atoms with van der Waals surface area (Å²) in [6, 6.07) is 23.9. The largest absolute Gasteiger partial charge is 0.318 e. The van der Waals surface area contributed by atoms with E-state index < -0.39 is 0 Å². The minimum absolute atomic E-state index is 0.00362. The SMILES string of the molecule is Cc1cc(C)cc(N2C[C@H](c3nc4ccccc4n3CC(=O)N(c3ccccc3)C(C)C)CC2=O)c1. The summed E-state index contributed by atoms with van der Waals surface area (Å²) in [6.07, 6.45) is 0.372. The van der Waals surface area contributed by atoms with E-state index in [4.69, 9.17) is 4.98 Å². The van der Waals surface area contributed by atoms with Gasteiger partial charge in [-0.25, -0.2) is 4.98 Å². The van der Waals surface area contributed by atoms with Gasteiger partial charge in [0, 0.05) is 36.3 Å². The molecule has 1 fully saturated rings. The number of carbonyl (C=O) groups is 2. The van der Waals surface area contributed by atoms with Gasteiger partial charge in [-0.15, -0.1) is 0 Å². The minimum atomic E-state index is -0.0947. The number of amides is 2. The average molecular weight is 481 g/mol. The Bertz CT molecular complexity index is 1400. The second-order valence-electron chi connectivity index (χ2n) is 9.99. The van der Waals surface area contributed by atoms with Crippen LogP contribution in [0.15, 0.2) is 72.8 Å². The van der Waals surface area contributed by atoms with Gasteiger partial charge < -0.3 is 14.4 Å². The summed E-state index contributed by atoms with van der Waals surface area (Å²) in [5.74, 6) is 0.781. The first kappa shape index (κ1) is 23.8. The Morgan fingerprint density at radius 2 is 1.67 bits per heavy atom. The Morgan fingerprint density at radius 1 is 1.00 bits per heavy atom. The molecule has 6 heteroatoms. The second kappa shape index (κ2) is 9.61. The van der Waals surface area contributed by atoms with Gasteiger partial charge in [0.05, 0.1) is 11.0 Å². The molecule has 5 rings (SSSR count). The zero-order valence-corrected chi connectivity index (χ0v) is 21.3. The number of nitrogens with zero attached hydrogens (tertiary/aromatic N) is 4. The van der Waals surface area contributed by atoms with Crippen LogP contribution in [-0.4, -0.2) is 34.0 Å². The maximum absolute atomic E-state index is 13.7. The number of hydrogen-bond acceptors (Lipinski definition) is 3. The molecule has 1 aliphatic rings. The van der Waals surface area contributed by atoms with Crippen LogP contribution in [0.4, 0.5) is 11.4 Å². The summed E-state index contributed by atoms with van der Waals surface area (Å²) in [4.78, 5) is 35.4. The summed E-state index contributed by atoms with van der Waals surface area (Å²) in [5, 5.41) is 0. The molecule has 0 bridgehead atoms. The van der Waals surface area contributed by atoms with Crippen LogP contribution < -0.4 is 9.80 Å². The molecule has 3 aromatic carbocycles. The fourth-order valence-corrected chi connectivity index (χ4v) is 5.34. The van der Waals surface area contributed by atoms with Gasteiger partial charge in [-0.2, -0.15) is 0 Å². The van der Waals surface area contributed by atoms with Crippen molar-refractivity contribution in [1.29, 1.82) is 0 Å². The number of aromatic nitrogens is 2. The highest BCUT2D eigenvalue weighted by Crippen LogP contribution is 2.34. The minimum Gasteiger partial charge on any atom is -0.318 e. The van der Waals surface area contributed by atoms with Gasteiger partial charge in [-0.3, -0.25) is 9.59 Å². The van der Waals surface area contributed by atoms with Crippen molar-refractivity contribution in [2.45, 2.75) is 52.6 Å². The van der Waals surface area contributed by atoms with Crippen molar-refractivity contribution in [3.05, 3.63) is 89.7 Å². The number of anilines is 2. The van der Waals surface area contributed by atoms with E-state index in [9.17, 15) is 9.59 Å². The van der Waals surface area contributed by atoms with Crippen LogP contribution in [0.5, 0.6) is 0 Å². The quantitative estimate of drug-likeness (QED) is 0.360. The molecule has 1 aliphatic heterocycles. The first-order chi connectivity index (χ1) is 17.3. The van der Waals surface area contributed by atoms with E-state index in [0.29, 0.717) is 13.0 Å². The van der Waals surface area contributed by atoms with Crippen molar-refractivity contribution in [3.8, 4) is 0 Å². The summed E-state index contributed by atoms with van der Waals surface area (Å²) in [5.41, 5.74) is 5.82. The molecule has 2 heterocycles. The lowest BCUT2D eigenvalue weighted by atomic mass is 10.1. The number of fused-ring (bicyclic) bond motifs is 1. The Kier molecular flexibility index (Phi) is 6.35. The fraction of sp³-hybridized carbons (Fsp3) is 0.300. The van der Waals surface area contributed by atoms with Gasteiger partial charge in [-0.1, -0.05) is 36.4 Å². The van der Waals surface area contributed by atoms with E-state index >= 15 is 0 Å². The molecule has 0 saturated carbocycles. The highest BCUT2D eigenvalue weighted by atomic mass is 16.2. The van der Waals surface area contributed by atoms with Crippen molar-refractivity contribution in [3.63, 3.8) is 0 Å². The van der Waals surface area contributed by atoms with Crippen LogP contribution in [-0.2, 0) is 16.1 Å². The molecule has 0 unspecified atom stereocenters. The molecular weight excluding hydrogens is 448 g/mol. The number of benzene rings is 3. The van der Waals surface area contributed by atoms with Crippen molar-refractivity contribution in [1.82, 2.24) is 9.55 Å². The monoisotopic (exact) mass is 480 g/mol. The Balaban J connectivity index is 1.50. The van der Waals surface area contributed by atoms with E-state index in [0.717, 1.165) is 39.4 Å². The summed E-state index contributed by atoms with van der Waals surface area (Å²) < 4.78 is 2.01. The molecule has 36 heavy (non-hydrogen) atoms. The molecule has 0 N–H and O–H groups in total. The van der Waals surface area contributed by atoms with Crippen molar-refractivity contribution in [2.75, 3.05) is 16.3 Å². The molecule has 2 amide bonds. The average Bonchev–Trinajstić information content (AvgIpc) is 3.39. The maximum Gasteiger partial charge on any atom is 0.247 e. The van der Waals surface area contributed by atoms with Crippen molar-refractivity contribution in [2.24, 2.45) is 0 Å². The number of rotatable bonds is 6. The van der Waals surface area contributed by atoms with E-state index in [1.54, 1.807) is 0 Å². The molecule has 1 aromatic heterocycles. The molecule has 6 nitrogen and oxygen atoms in total. The normalized spacial score (nSPS) is 15.8. The topological polar surface area (TPSA) is 58.4 Å². The van der Waals surface area contributed by atoms with Gasteiger partial charge in [0.1, 0.15) is 12.4 Å². The van der Waals surface area contributed by atoms with Crippen LogP contribution in [0.1, 0.15) is 43.1 Å². The molecule has 0 aliphatic carbocycles. The fourth-order valence-electron chi connectivity index (χ4n) is 5.34. The third kappa shape index (κ3) is 4.51. The number of imidazole rings is 1. The van der Waals surface area contributed by atoms with Gasteiger partial charge in [0.15, 0.2) is 0 Å². The lowest BCUT2D eigenvalue weighted by molar-refractivity contribution is -0.119. The lowest BCUT2D eigenvalue weighted by Gasteiger charge is -2.28. The molecular formula is C30H32N4O2. The number of aryl methyl sites for hydroxylation is 2.